The molecule has 1 heterocycles. The van der Waals surface area contributed by atoms with Gasteiger partial charge >= 0.3 is 6.18 Å². The number of hydrogen-bond donors (Lipinski definition) is 4. The first-order valence-electron chi connectivity index (χ1n) is 11.8. The van der Waals surface area contributed by atoms with E-state index in [1.165, 1.54) is 18.2 Å². The average molecular weight is 525 g/mol. The van der Waals surface area contributed by atoms with Crippen molar-refractivity contribution in [3.8, 4) is 0 Å². The predicted molar refractivity (Wildman–Crippen MR) is 123 cm³/mol. The number of carbonyl (C=O) groups excluding carboxylic acids is 4. The lowest BCUT2D eigenvalue weighted by Gasteiger charge is -2.30. The van der Waals surface area contributed by atoms with Gasteiger partial charge in [0.05, 0.1) is 46.8 Å². The molecule has 1 aromatic rings. The lowest BCUT2D eigenvalue weighted by Crippen LogP contribution is -2.49. The molecule has 0 radical (unpaired) electrons. The van der Waals surface area contributed by atoms with Crippen LogP contribution in [0.2, 0.25) is 5.02 Å². The van der Waals surface area contributed by atoms with Crippen LogP contribution in [-0.2, 0) is 14.4 Å². The molecule has 0 spiro atoms. The molecule has 1 aliphatic heterocycles. The molecule has 5 rings (SSSR count). The van der Waals surface area contributed by atoms with Crippen molar-refractivity contribution in [3.63, 3.8) is 0 Å². The third-order valence-corrected chi connectivity index (χ3v) is 7.34. The van der Waals surface area contributed by atoms with E-state index < -0.39 is 41.8 Å². The van der Waals surface area contributed by atoms with E-state index in [4.69, 9.17) is 11.6 Å². The number of rotatable bonds is 6. The summed E-state index contributed by atoms with van der Waals surface area (Å²) in [6.45, 7) is 1.80. The molecule has 2 saturated carbocycles. The Balaban J connectivity index is 1.35. The monoisotopic (exact) mass is 524 g/mol. The molecule has 192 valence electrons. The smallest absolute Gasteiger partial charge is 0.379 e. The summed E-state index contributed by atoms with van der Waals surface area (Å²) in [5.41, 5.74) is 0.930. The average Bonchev–Trinajstić information content (AvgIpc) is 3.70. The van der Waals surface area contributed by atoms with Gasteiger partial charge in [-0.25, -0.2) is 0 Å². The first-order valence-corrected chi connectivity index (χ1v) is 12.1. The van der Waals surface area contributed by atoms with Crippen molar-refractivity contribution >= 4 is 40.8 Å². The first kappa shape index (κ1) is 24.6. The number of amides is 3. The van der Waals surface area contributed by atoms with Crippen LogP contribution < -0.4 is 21.3 Å². The standard InChI is InChI=1S/C24H24ClF3N4O4/c1-9-18-14(23(36)29-9)8-17(20(33)19(18)30-11-3-4-11)32-22(35)13-6-10(25)2-5-16(13)31-21(34)12-7-15(12)24(26,27)28/h2,5-6,9,11-12,14-15,17,30H,3-4,7-8H2,1H3,(H,29,36)(H,31,34)(H,32,35)/t9-,12?,14-,15?,17+/m1/s1. The number of halogens is 4. The van der Waals surface area contributed by atoms with E-state index in [9.17, 15) is 32.3 Å². The van der Waals surface area contributed by atoms with E-state index in [0.717, 1.165) is 12.8 Å². The van der Waals surface area contributed by atoms with Crippen molar-refractivity contribution < 1.29 is 32.3 Å². The molecular weight excluding hydrogens is 501 g/mol. The van der Waals surface area contributed by atoms with Crippen LogP contribution in [0.25, 0.3) is 0 Å². The lowest BCUT2D eigenvalue weighted by molar-refractivity contribution is -0.153. The van der Waals surface area contributed by atoms with E-state index in [1.807, 2.05) is 0 Å². The fraction of sp³-hybridized carbons (Fsp3) is 0.500. The molecule has 2 unspecified atom stereocenters. The minimum atomic E-state index is -4.47. The largest absolute Gasteiger partial charge is 0.392 e. The van der Waals surface area contributed by atoms with Gasteiger partial charge in [-0.1, -0.05) is 11.6 Å². The third kappa shape index (κ3) is 4.68. The number of Topliss-reactive ketones (excluding diaryl/α,β-unsaturated/α-hetero) is 1. The number of ketones is 1. The normalized spacial score (nSPS) is 29.4. The molecule has 3 amide bonds. The Morgan fingerprint density at radius 2 is 1.86 bits per heavy atom. The summed E-state index contributed by atoms with van der Waals surface area (Å²) in [5.74, 6) is -5.66. The number of anilines is 1. The van der Waals surface area contributed by atoms with Crippen LogP contribution in [0, 0.1) is 17.8 Å². The quantitative estimate of drug-likeness (QED) is 0.456. The number of alkyl halides is 3. The minimum absolute atomic E-state index is 0.0159. The van der Waals surface area contributed by atoms with E-state index in [1.54, 1.807) is 6.92 Å². The van der Waals surface area contributed by atoms with Crippen LogP contribution in [0.3, 0.4) is 0 Å². The van der Waals surface area contributed by atoms with Crippen LogP contribution in [0.4, 0.5) is 18.9 Å². The number of benzene rings is 1. The van der Waals surface area contributed by atoms with Crippen molar-refractivity contribution in [1.29, 1.82) is 0 Å². The van der Waals surface area contributed by atoms with Crippen LogP contribution in [-0.4, -0.2) is 47.8 Å². The maximum Gasteiger partial charge on any atom is 0.392 e. The van der Waals surface area contributed by atoms with Gasteiger partial charge in [-0.15, -0.1) is 0 Å². The summed E-state index contributed by atoms with van der Waals surface area (Å²) >= 11 is 6.04. The van der Waals surface area contributed by atoms with Crippen LogP contribution in [0.15, 0.2) is 29.5 Å². The maximum atomic E-state index is 13.3. The second-order valence-electron chi connectivity index (χ2n) is 9.83. The van der Waals surface area contributed by atoms with Crippen molar-refractivity contribution in [2.24, 2.45) is 17.8 Å². The van der Waals surface area contributed by atoms with Crippen molar-refractivity contribution in [2.45, 2.75) is 56.9 Å². The lowest BCUT2D eigenvalue weighted by atomic mass is 9.81. The fourth-order valence-corrected chi connectivity index (χ4v) is 5.12. The molecule has 4 aliphatic rings. The maximum absolute atomic E-state index is 13.3. The topological polar surface area (TPSA) is 116 Å². The van der Waals surface area contributed by atoms with Crippen molar-refractivity contribution in [3.05, 3.63) is 40.1 Å². The van der Waals surface area contributed by atoms with Gasteiger partial charge in [0.15, 0.2) is 0 Å². The van der Waals surface area contributed by atoms with Crippen LogP contribution in [0.5, 0.6) is 0 Å². The molecule has 1 aromatic carbocycles. The Morgan fingerprint density at radius 3 is 2.50 bits per heavy atom. The Labute approximate surface area is 209 Å². The molecule has 4 N–H and O–H groups in total. The van der Waals surface area contributed by atoms with Gasteiger partial charge in [-0.3, -0.25) is 19.2 Å². The van der Waals surface area contributed by atoms with Gasteiger partial charge in [0, 0.05) is 11.1 Å². The first-order chi connectivity index (χ1) is 16.9. The summed E-state index contributed by atoms with van der Waals surface area (Å²) in [6, 6.07) is 2.82. The molecule has 8 nitrogen and oxygen atoms in total. The summed E-state index contributed by atoms with van der Waals surface area (Å²) < 4.78 is 38.6. The minimum Gasteiger partial charge on any atom is -0.379 e. The van der Waals surface area contributed by atoms with Gasteiger partial charge in [0.2, 0.25) is 17.6 Å². The van der Waals surface area contributed by atoms with E-state index >= 15 is 0 Å². The SMILES string of the molecule is C[C@H]1NC(=O)[C@@H]2C[C@H](NC(=O)c3cc(Cl)ccc3NC(=O)C3CC3C(F)(F)F)C(=O)C(NC3CC3)=C21. The third-order valence-electron chi connectivity index (χ3n) is 7.10. The number of fused-ring (bicyclic) bond motifs is 1. The van der Waals surface area contributed by atoms with Gasteiger partial charge in [-0.05, 0) is 56.4 Å². The Kier molecular flexibility index (Phi) is 6.01. The fourth-order valence-electron chi connectivity index (χ4n) is 4.95. The zero-order valence-electron chi connectivity index (χ0n) is 19.2. The van der Waals surface area contributed by atoms with E-state index in [2.05, 4.69) is 21.3 Å². The summed E-state index contributed by atoms with van der Waals surface area (Å²) in [5, 5.41) is 11.2. The number of nitrogens with one attached hydrogen (secondary N) is 4. The Bertz CT molecular complexity index is 1200. The second kappa shape index (κ2) is 8.79. The molecule has 0 bridgehead atoms. The number of carbonyl (C=O) groups is 4. The highest BCUT2D eigenvalue weighted by atomic mass is 35.5. The molecule has 36 heavy (non-hydrogen) atoms. The second-order valence-corrected chi connectivity index (χ2v) is 10.3. The zero-order valence-corrected chi connectivity index (χ0v) is 19.9. The molecule has 5 atom stereocenters. The van der Waals surface area contributed by atoms with Crippen molar-refractivity contribution in [2.75, 3.05) is 5.32 Å². The van der Waals surface area contributed by atoms with Crippen LogP contribution >= 0.6 is 11.6 Å². The highest BCUT2D eigenvalue weighted by Gasteiger charge is 2.59. The van der Waals surface area contributed by atoms with Gasteiger partial charge < -0.3 is 21.3 Å². The van der Waals surface area contributed by atoms with E-state index in [-0.39, 0.29) is 52.9 Å². The Hall–Kier alpha value is -3.08. The highest BCUT2D eigenvalue weighted by molar-refractivity contribution is 6.31. The molecule has 3 aliphatic carbocycles. The molecule has 0 aromatic heterocycles. The number of hydrogen-bond acceptors (Lipinski definition) is 5. The van der Waals surface area contributed by atoms with Gasteiger partial charge in [0.25, 0.3) is 5.91 Å². The molecule has 3 fully saturated rings. The summed E-state index contributed by atoms with van der Waals surface area (Å²) in [4.78, 5) is 51.4. The van der Waals surface area contributed by atoms with Gasteiger partial charge in [-0.2, -0.15) is 13.2 Å². The zero-order chi connectivity index (χ0) is 25.9. The van der Waals surface area contributed by atoms with Crippen molar-refractivity contribution in [1.82, 2.24) is 16.0 Å². The molecule has 12 heteroatoms. The Morgan fingerprint density at radius 1 is 1.14 bits per heavy atom. The highest BCUT2D eigenvalue weighted by Crippen LogP contribution is 2.50. The summed E-state index contributed by atoms with van der Waals surface area (Å²) in [6.07, 6.45) is -2.89. The summed E-state index contributed by atoms with van der Waals surface area (Å²) in [7, 11) is 0. The van der Waals surface area contributed by atoms with Gasteiger partial charge in [0.1, 0.15) is 0 Å². The van der Waals surface area contributed by atoms with Crippen LogP contribution in [0.1, 0.15) is 43.0 Å². The van der Waals surface area contributed by atoms with E-state index in [0.29, 0.717) is 11.3 Å². The molecule has 1 saturated heterocycles. The molecular formula is C24H24ClF3N4O4. The predicted octanol–water partition coefficient (Wildman–Crippen LogP) is 2.69.